The van der Waals surface area contributed by atoms with Gasteiger partial charge in [0.1, 0.15) is 5.82 Å². The third kappa shape index (κ3) is 4.61. The molecule has 0 aliphatic carbocycles. The molecule has 142 valence electrons. The van der Waals surface area contributed by atoms with E-state index in [1.165, 1.54) is 36.1 Å². The zero-order valence-electron chi connectivity index (χ0n) is 14.0. The van der Waals surface area contributed by atoms with Gasteiger partial charge in [-0.05, 0) is 31.2 Å². The Kier molecular flexibility index (Phi) is 5.71. The Morgan fingerprint density at radius 2 is 2.07 bits per heavy atom. The lowest BCUT2D eigenvalue weighted by Crippen LogP contribution is -2.31. The molecule has 1 aromatic heterocycles. The average molecular weight is 409 g/mol. The van der Waals surface area contributed by atoms with Crippen molar-refractivity contribution in [3.05, 3.63) is 30.1 Å². The normalized spacial score (nSPS) is 17.8. The molecule has 2 aromatic rings. The molecule has 1 saturated heterocycles. The van der Waals surface area contributed by atoms with Crippen molar-refractivity contribution in [2.24, 2.45) is 5.92 Å². The number of aliphatic carboxylic acids is 1. The molecule has 11 heteroatoms. The fourth-order valence-corrected chi connectivity index (χ4v) is 4.30. The molecule has 3 rings (SSSR count). The maximum absolute atomic E-state index is 13.0. The Bertz CT molecular complexity index is 874. The SMILES string of the molecule is C[C@H](Sc1nnc(NC(=O)[C@@H]2CC(=O)N(c3ccc(F)cc3)C2)s1)C(=O)[O-]. The lowest BCUT2D eigenvalue weighted by molar-refractivity contribution is -0.304. The molecule has 0 saturated carbocycles. The Morgan fingerprint density at radius 1 is 1.37 bits per heavy atom. The zero-order valence-corrected chi connectivity index (χ0v) is 15.7. The summed E-state index contributed by atoms with van der Waals surface area (Å²) in [6.07, 6.45) is 0.0331. The number of benzene rings is 1. The van der Waals surface area contributed by atoms with Crippen LogP contribution in [0.4, 0.5) is 15.2 Å². The maximum atomic E-state index is 13.0. The van der Waals surface area contributed by atoms with E-state index in [0.29, 0.717) is 10.0 Å². The second-order valence-corrected chi connectivity index (χ2v) is 8.39. The number of anilines is 2. The van der Waals surface area contributed by atoms with E-state index < -0.39 is 23.0 Å². The standard InChI is InChI=1S/C16H15FN4O4S2/c1-8(14(24)25)26-16-20-19-15(27-16)18-13(23)9-6-12(22)21(7-9)11-4-2-10(17)3-5-11/h2-5,8-9H,6-7H2,1H3,(H,24,25)(H,18,19,23)/p-1/t8-,9+/m0/s1. The van der Waals surface area contributed by atoms with Crippen LogP contribution in [0.3, 0.4) is 0 Å². The number of thioether (sulfide) groups is 1. The van der Waals surface area contributed by atoms with Gasteiger partial charge in [0, 0.05) is 23.9 Å². The summed E-state index contributed by atoms with van der Waals surface area (Å²) in [5.74, 6) is -2.81. The monoisotopic (exact) mass is 409 g/mol. The van der Waals surface area contributed by atoms with Crippen molar-refractivity contribution in [2.45, 2.75) is 22.9 Å². The number of carbonyl (C=O) groups excluding carboxylic acids is 3. The van der Waals surface area contributed by atoms with E-state index in [-0.39, 0.29) is 29.9 Å². The Balaban J connectivity index is 1.60. The van der Waals surface area contributed by atoms with E-state index in [4.69, 9.17) is 0 Å². The van der Waals surface area contributed by atoms with Crippen LogP contribution in [0.15, 0.2) is 28.6 Å². The first-order valence-electron chi connectivity index (χ1n) is 7.91. The summed E-state index contributed by atoms with van der Waals surface area (Å²) in [7, 11) is 0. The number of aromatic nitrogens is 2. The van der Waals surface area contributed by atoms with Crippen molar-refractivity contribution < 1.29 is 23.9 Å². The van der Waals surface area contributed by atoms with Crippen LogP contribution in [-0.2, 0) is 14.4 Å². The van der Waals surface area contributed by atoms with Gasteiger partial charge in [-0.25, -0.2) is 4.39 Å². The lowest BCUT2D eigenvalue weighted by Gasteiger charge is -2.16. The zero-order chi connectivity index (χ0) is 19.6. The summed E-state index contributed by atoms with van der Waals surface area (Å²) >= 11 is 2.01. The first kappa shape index (κ1) is 19.2. The van der Waals surface area contributed by atoms with Crippen LogP contribution >= 0.6 is 23.1 Å². The number of amides is 2. The molecule has 27 heavy (non-hydrogen) atoms. The second-order valence-electron chi connectivity index (χ2n) is 5.82. The molecule has 2 heterocycles. The van der Waals surface area contributed by atoms with E-state index in [9.17, 15) is 23.9 Å². The molecule has 1 aliphatic rings. The Labute approximate surface area is 161 Å². The van der Waals surface area contributed by atoms with Gasteiger partial charge in [-0.3, -0.25) is 9.59 Å². The average Bonchev–Trinajstić information content (AvgIpc) is 3.22. The number of nitrogens with one attached hydrogen (secondary N) is 1. The van der Waals surface area contributed by atoms with Crippen molar-refractivity contribution in [3.63, 3.8) is 0 Å². The van der Waals surface area contributed by atoms with Crippen molar-refractivity contribution in [1.82, 2.24) is 10.2 Å². The molecular formula is C16H14FN4O4S2-. The predicted molar refractivity (Wildman–Crippen MR) is 95.7 cm³/mol. The number of nitrogens with zero attached hydrogens (tertiary/aromatic N) is 3. The quantitative estimate of drug-likeness (QED) is 0.557. The fraction of sp³-hybridized carbons (Fsp3) is 0.312. The van der Waals surface area contributed by atoms with Gasteiger partial charge in [-0.2, -0.15) is 0 Å². The van der Waals surface area contributed by atoms with Crippen molar-refractivity contribution in [2.75, 3.05) is 16.8 Å². The molecule has 0 unspecified atom stereocenters. The number of carboxylic acid groups (broad SMARTS) is 1. The predicted octanol–water partition coefficient (Wildman–Crippen LogP) is 0.899. The summed E-state index contributed by atoms with van der Waals surface area (Å²) in [5, 5.41) is 20.4. The lowest BCUT2D eigenvalue weighted by atomic mass is 10.1. The second kappa shape index (κ2) is 8.01. The minimum Gasteiger partial charge on any atom is -0.549 e. The number of halogens is 1. The largest absolute Gasteiger partial charge is 0.549 e. The number of rotatable bonds is 6. The number of carbonyl (C=O) groups is 3. The van der Waals surface area contributed by atoms with Gasteiger partial charge in [0.25, 0.3) is 0 Å². The van der Waals surface area contributed by atoms with Gasteiger partial charge in [0.15, 0.2) is 4.34 Å². The first-order valence-corrected chi connectivity index (χ1v) is 9.61. The van der Waals surface area contributed by atoms with Crippen LogP contribution in [0.1, 0.15) is 13.3 Å². The minimum atomic E-state index is -1.22. The van der Waals surface area contributed by atoms with Crippen molar-refractivity contribution in [1.29, 1.82) is 0 Å². The van der Waals surface area contributed by atoms with Gasteiger partial charge in [-0.1, -0.05) is 23.1 Å². The number of hydrogen-bond acceptors (Lipinski definition) is 8. The molecule has 1 N–H and O–H groups in total. The molecule has 2 atom stereocenters. The van der Waals surface area contributed by atoms with Gasteiger partial charge >= 0.3 is 0 Å². The van der Waals surface area contributed by atoms with E-state index >= 15 is 0 Å². The highest BCUT2D eigenvalue weighted by atomic mass is 32.2. The molecule has 1 aromatic carbocycles. The Hall–Kier alpha value is -2.53. The van der Waals surface area contributed by atoms with E-state index in [1.54, 1.807) is 0 Å². The van der Waals surface area contributed by atoms with Gasteiger partial charge in [0.2, 0.25) is 16.9 Å². The molecule has 0 spiro atoms. The molecule has 8 nitrogen and oxygen atoms in total. The highest BCUT2D eigenvalue weighted by Gasteiger charge is 2.35. The summed E-state index contributed by atoms with van der Waals surface area (Å²) in [6, 6.07) is 5.48. The van der Waals surface area contributed by atoms with E-state index in [1.807, 2.05) is 0 Å². The maximum Gasteiger partial charge on any atom is 0.231 e. The Morgan fingerprint density at radius 3 is 2.74 bits per heavy atom. The molecule has 1 fully saturated rings. The fourth-order valence-electron chi connectivity index (χ4n) is 2.47. The highest BCUT2D eigenvalue weighted by Crippen LogP contribution is 2.30. The van der Waals surface area contributed by atoms with Gasteiger partial charge < -0.3 is 20.1 Å². The van der Waals surface area contributed by atoms with Gasteiger partial charge in [-0.15, -0.1) is 10.2 Å². The highest BCUT2D eigenvalue weighted by molar-refractivity contribution is 8.02. The summed E-state index contributed by atoms with van der Waals surface area (Å²) in [4.78, 5) is 36.8. The third-order valence-corrected chi connectivity index (χ3v) is 5.88. The topological polar surface area (TPSA) is 115 Å². The third-order valence-electron chi connectivity index (χ3n) is 3.88. The molecule has 1 aliphatic heterocycles. The number of hydrogen-bond donors (Lipinski definition) is 1. The van der Waals surface area contributed by atoms with Crippen molar-refractivity contribution in [3.8, 4) is 0 Å². The smallest absolute Gasteiger partial charge is 0.231 e. The minimum absolute atomic E-state index is 0.0331. The summed E-state index contributed by atoms with van der Waals surface area (Å²) < 4.78 is 13.4. The summed E-state index contributed by atoms with van der Waals surface area (Å²) in [5.41, 5.74) is 0.530. The van der Waals surface area contributed by atoms with Gasteiger partial charge in [0.05, 0.1) is 11.9 Å². The van der Waals surface area contributed by atoms with Crippen LogP contribution in [0, 0.1) is 11.7 Å². The molecular weight excluding hydrogens is 395 g/mol. The van der Waals surface area contributed by atoms with E-state index in [2.05, 4.69) is 15.5 Å². The van der Waals surface area contributed by atoms with Crippen LogP contribution in [0.5, 0.6) is 0 Å². The molecule has 0 radical (unpaired) electrons. The van der Waals surface area contributed by atoms with Crippen LogP contribution in [-0.4, -0.2) is 39.8 Å². The van der Waals surface area contributed by atoms with Crippen LogP contribution < -0.4 is 15.3 Å². The number of carboxylic acids is 1. The van der Waals surface area contributed by atoms with Crippen LogP contribution in [0.2, 0.25) is 0 Å². The molecule has 2 amide bonds. The summed E-state index contributed by atoms with van der Waals surface area (Å²) in [6.45, 7) is 1.65. The van der Waals surface area contributed by atoms with E-state index in [0.717, 1.165) is 23.1 Å². The van der Waals surface area contributed by atoms with Crippen LogP contribution in [0.25, 0.3) is 0 Å². The molecule has 0 bridgehead atoms. The van der Waals surface area contributed by atoms with Crippen molar-refractivity contribution >= 4 is 51.7 Å². The first-order chi connectivity index (χ1) is 12.8.